The number of nitrogens with one attached hydrogen (secondary N) is 1. The molecule has 0 spiro atoms. The van der Waals surface area contributed by atoms with E-state index in [4.69, 9.17) is 23.2 Å². The van der Waals surface area contributed by atoms with Crippen molar-refractivity contribution in [3.05, 3.63) is 68.7 Å². The number of anilines is 1. The number of fused-ring (bicyclic) bond motifs is 1. The first-order chi connectivity index (χ1) is 12.9. The third-order valence-electron chi connectivity index (χ3n) is 3.75. The molecule has 0 fully saturated rings. The van der Waals surface area contributed by atoms with Crippen molar-refractivity contribution >= 4 is 51.7 Å². The number of rotatable bonds is 4. The van der Waals surface area contributed by atoms with Crippen molar-refractivity contribution in [1.82, 2.24) is 9.55 Å². The standard InChI is InChI=1S/C18H13Cl2N3O4/c1-27-18(26)10-2-4-12(5-3-10)22-15(24)8-23-9-21-16-13(17(23)25)6-11(19)7-14(16)20/h2-7,9H,8H2,1H3,(H,22,24). The predicted octanol–water partition coefficient (Wildman–Crippen LogP) is 3.13. The molecule has 3 aromatic rings. The fourth-order valence-corrected chi connectivity index (χ4v) is 3.01. The molecule has 1 amide bonds. The molecule has 0 saturated heterocycles. The fourth-order valence-electron chi connectivity index (χ4n) is 2.47. The fraction of sp³-hybridized carbons (Fsp3) is 0.111. The number of carbonyl (C=O) groups excluding carboxylic acids is 2. The average Bonchev–Trinajstić information content (AvgIpc) is 2.64. The van der Waals surface area contributed by atoms with Gasteiger partial charge in [0.15, 0.2) is 0 Å². The van der Waals surface area contributed by atoms with Crippen LogP contribution in [-0.2, 0) is 16.1 Å². The highest BCUT2D eigenvalue weighted by atomic mass is 35.5. The molecule has 0 atom stereocenters. The van der Waals surface area contributed by atoms with E-state index in [2.05, 4.69) is 15.0 Å². The van der Waals surface area contributed by atoms with Crippen molar-refractivity contribution in [1.29, 1.82) is 0 Å². The van der Waals surface area contributed by atoms with Crippen molar-refractivity contribution in [2.75, 3.05) is 12.4 Å². The molecular weight excluding hydrogens is 393 g/mol. The molecule has 3 rings (SSSR count). The number of nitrogens with zero attached hydrogens (tertiary/aromatic N) is 2. The van der Waals surface area contributed by atoms with E-state index in [1.807, 2.05) is 0 Å². The molecule has 1 N–H and O–H groups in total. The van der Waals surface area contributed by atoms with Crippen LogP contribution in [0.5, 0.6) is 0 Å². The summed E-state index contributed by atoms with van der Waals surface area (Å²) in [6.45, 7) is -0.245. The van der Waals surface area contributed by atoms with E-state index >= 15 is 0 Å². The molecule has 0 aliphatic carbocycles. The minimum atomic E-state index is -0.473. The minimum Gasteiger partial charge on any atom is -0.465 e. The van der Waals surface area contributed by atoms with Crippen LogP contribution in [0.2, 0.25) is 10.0 Å². The van der Waals surface area contributed by atoms with Crippen molar-refractivity contribution in [2.24, 2.45) is 0 Å². The van der Waals surface area contributed by atoms with Gasteiger partial charge in [0.1, 0.15) is 6.54 Å². The van der Waals surface area contributed by atoms with Crippen LogP contribution >= 0.6 is 23.2 Å². The summed E-state index contributed by atoms with van der Waals surface area (Å²) in [7, 11) is 1.29. The number of methoxy groups -OCH3 is 1. The van der Waals surface area contributed by atoms with Crippen LogP contribution in [0.25, 0.3) is 10.9 Å². The number of hydrogen-bond donors (Lipinski definition) is 1. The number of esters is 1. The van der Waals surface area contributed by atoms with E-state index in [9.17, 15) is 14.4 Å². The molecule has 1 aromatic heterocycles. The number of hydrogen-bond acceptors (Lipinski definition) is 5. The first-order valence-corrected chi connectivity index (χ1v) is 8.47. The van der Waals surface area contributed by atoms with Gasteiger partial charge in [-0.2, -0.15) is 0 Å². The Kier molecular flexibility index (Phi) is 5.43. The summed E-state index contributed by atoms with van der Waals surface area (Å²) in [5, 5.41) is 3.43. The number of ether oxygens (including phenoxy) is 1. The second kappa shape index (κ2) is 7.77. The Morgan fingerprint density at radius 3 is 2.56 bits per heavy atom. The van der Waals surface area contributed by atoms with Gasteiger partial charge in [-0.3, -0.25) is 14.2 Å². The van der Waals surface area contributed by atoms with Crippen LogP contribution in [0.3, 0.4) is 0 Å². The number of carbonyl (C=O) groups is 2. The van der Waals surface area contributed by atoms with E-state index in [0.717, 1.165) is 4.57 Å². The summed E-state index contributed by atoms with van der Waals surface area (Å²) in [4.78, 5) is 40.3. The Labute approximate surface area is 163 Å². The van der Waals surface area contributed by atoms with Crippen molar-refractivity contribution in [3.8, 4) is 0 Å². The second-order valence-corrected chi connectivity index (χ2v) is 6.42. The maximum atomic E-state index is 12.5. The zero-order valence-corrected chi connectivity index (χ0v) is 15.5. The highest BCUT2D eigenvalue weighted by Gasteiger charge is 2.12. The molecule has 0 radical (unpaired) electrons. The number of amides is 1. The zero-order chi connectivity index (χ0) is 19.6. The number of halogens is 2. The lowest BCUT2D eigenvalue weighted by Gasteiger charge is -2.09. The largest absolute Gasteiger partial charge is 0.465 e. The molecule has 0 bridgehead atoms. The SMILES string of the molecule is COC(=O)c1ccc(NC(=O)Cn2cnc3c(Cl)cc(Cl)cc3c2=O)cc1. The topological polar surface area (TPSA) is 90.3 Å². The normalized spacial score (nSPS) is 10.6. The zero-order valence-electron chi connectivity index (χ0n) is 14.0. The summed E-state index contributed by atoms with van der Waals surface area (Å²) in [6, 6.07) is 9.12. The smallest absolute Gasteiger partial charge is 0.337 e. The molecule has 1 heterocycles. The predicted molar refractivity (Wildman–Crippen MR) is 102 cm³/mol. The number of aromatic nitrogens is 2. The molecule has 27 heavy (non-hydrogen) atoms. The van der Waals surface area contributed by atoms with Gasteiger partial charge in [-0.15, -0.1) is 0 Å². The van der Waals surface area contributed by atoms with Crippen LogP contribution in [0.1, 0.15) is 10.4 Å². The van der Waals surface area contributed by atoms with Crippen LogP contribution in [0.4, 0.5) is 5.69 Å². The Hall–Kier alpha value is -2.90. The molecule has 2 aromatic carbocycles. The Balaban J connectivity index is 1.79. The summed E-state index contributed by atoms with van der Waals surface area (Å²) >= 11 is 12.0. The lowest BCUT2D eigenvalue weighted by molar-refractivity contribution is -0.116. The monoisotopic (exact) mass is 405 g/mol. The van der Waals surface area contributed by atoms with Gasteiger partial charge in [-0.05, 0) is 36.4 Å². The van der Waals surface area contributed by atoms with Crippen LogP contribution in [-0.4, -0.2) is 28.5 Å². The van der Waals surface area contributed by atoms with E-state index in [-0.39, 0.29) is 17.0 Å². The molecule has 0 aliphatic heterocycles. The van der Waals surface area contributed by atoms with E-state index in [1.54, 1.807) is 12.1 Å². The van der Waals surface area contributed by atoms with Crippen molar-refractivity contribution in [2.45, 2.75) is 6.54 Å². The Morgan fingerprint density at radius 1 is 1.19 bits per heavy atom. The van der Waals surface area contributed by atoms with Crippen LogP contribution in [0.15, 0.2) is 47.5 Å². The van der Waals surface area contributed by atoms with Gasteiger partial charge in [-0.25, -0.2) is 9.78 Å². The molecular formula is C18H13Cl2N3O4. The van der Waals surface area contributed by atoms with Gasteiger partial charge in [0.05, 0.1) is 34.9 Å². The summed E-state index contributed by atoms with van der Waals surface area (Å²) in [5.74, 6) is -0.906. The maximum Gasteiger partial charge on any atom is 0.337 e. The van der Waals surface area contributed by atoms with Gasteiger partial charge in [-0.1, -0.05) is 23.2 Å². The first kappa shape index (κ1) is 18.9. The van der Waals surface area contributed by atoms with Crippen molar-refractivity contribution in [3.63, 3.8) is 0 Å². The summed E-state index contributed by atoms with van der Waals surface area (Å²) < 4.78 is 5.77. The Morgan fingerprint density at radius 2 is 1.89 bits per heavy atom. The van der Waals surface area contributed by atoms with Gasteiger partial charge in [0, 0.05) is 10.7 Å². The molecule has 0 saturated carbocycles. The Bertz CT molecular complexity index is 1090. The highest BCUT2D eigenvalue weighted by molar-refractivity contribution is 6.38. The molecule has 7 nitrogen and oxygen atoms in total. The van der Waals surface area contributed by atoms with E-state index < -0.39 is 17.4 Å². The average molecular weight is 406 g/mol. The highest BCUT2D eigenvalue weighted by Crippen LogP contribution is 2.23. The lowest BCUT2D eigenvalue weighted by atomic mass is 10.2. The second-order valence-electron chi connectivity index (χ2n) is 5.58. The quantitative estimate of drug-likeness (QED) is 0.673. The molecule has 9 heteroatoms. The number of benzene rings is 2. The van der Waals surface area contributed by atoms with Gasteiger partial charge < -0.3 is 10.1 Å². The molecule has 0 aliphatic rings. The third kappa shape index (κ3) is 4.10. The molecule has 0 unspecified atom stereocenters. The van der Waals surface area contributed by atoms with E-state index in [1.165, 1.54) is 37.7 Å². The van der Waals surface area contributed by atoms with Crippen LogP contribution in [0, 0.1) is 0 Å². The van der Waals surface area contributed by atoms with Gasteiger partial charge in [0.2, 0.25) is 5.91 Å². The lowest BCUT2D eigenvalue weighted by Crippen LogP contribution is -2.28. The summed E-state index contributed by atoms with van der Waals surface area (Å²) in [5.41, 5.74) is 0.724. The van der Waals surface area contributed by atoms with Gasteiger partial charge in [0.25, 0.3) is 5.56 Å². The van der Waals surface area contributed by atoms with Crippen LogP contribution < -0.4 is 10.9 Å². The third-order valence-corrected chi connectivity index (χ3v) is 4.26. The first-order valence-electron chi connectivity index (χ1n) is 7.71. The maximum absolute atomic E-state index is 12.5. The summed E-state index contributed by atoms with van der Waals surface area (Å²) in [6.07, 6.45) is 1.25. The van der Waals surface area contributed by atoms with E-state index in [0.29, 0.717) is 21.8 Å². The minimum absolute atomic E-state index is 0.227. The van der Waals surface area contributed by atoms with Gasteiger partial charge >= 0.3 is 5.97 Å². The molecule has 138 valence electrons. The van der Waals surface area contributed by atoms with Crippen molar-refractivity contribution < 1.29 is 14.3 Å².